The Morgan fingerprint density at radius 3 is 2.41 bits per heavy atom. The normalized spacial score (nSPS) is 16.4. The molecule has 0 aliphatic carbocycles. The summed E-state index contributed by atoms with van der Waals surface area (Å²) in [4.78, 5) is 3.23. The Labute approximate surface area is 113 Å². The predicted octanol–water partition coefficient (Wildman–Crippen LogP) is 4.17. The fourth-order valence-corrected chi connectivity index (χ4v) is 2.34. The van der Waals surface area contributed by atoms with Crippen molar-refractivity contribution in [1.82, 2.24) is 4.90 Å². The predicted molar refractivity (Wildman–Crippen MR) is 78.5 cm³/mol. The van der Waals surface area contributed by atoms with Crippen LogP contribution >= 0.6 is 23.8 Å². The Morgan fingerprint density at radius 1 is 1.12 bits per heavy atom. The molecule has 1 saturated heterocycles. The molecule has 0 unspecified atom stereocenters. The van der Waals surface area contributed by atoms with Crippen LogP contribution in [-0.4, -0.2) is 23.0 Å². The van der Waals surface area contributed by atoms with Gasteiger partial charge in [-0.15, -0.1) is 0 Å². The van der Waals surface area contributed by atoms with Crippen LogP contribution in [0.2, 0.25) is 5.02 Å². The van der Waals surface area contributed by atoms with Crippen LogP contribution in [0.1, 0.15) is 24.8 Å². The SMILES string of the molecule is S=C(C=Cc1ccc(Cl)cc1)N1CCCCC1. The number of nitrogens with zero attached hydrogens (tertiary/aromatic N) is 1. The fourth-order valence-electron chi connectivity index (χ4n) is 1.96. The number of likely N-dealkylation sites (tertiary alicyclic amines) is 1. The minimum absolute atomic E-state index is 0.765. The molecule has 0 radical (unpaired) electrons. The van der Waals surface area contributed by atoms with Crippen LogP contribution in [0.3, 0.4) is 0 Å². The number of thiocarbonyl (C=S) groups is 1. The first-order valence-corrected chi connectivity index (χ1v) is 6.77. The van der Waals surface area contributed by atoms with E-state index in [0.29, 0.717) is 0 Å². The zero-order valence-electron chi connectivity index (χ0n) is 9.73. The lowest BCUT2D eigenvalue weighted by Gasteiger charge is -2.27. The molecule has 1 aliphatic rings. The quantitative estimate of drug-likeness (QED) is 0.583. The van der Waals surface area contributed by atoms with Gasteiger partial charge < -0.3 is 4.90 Å². The highest BCUT2D eigenvalue weighted by molar-refractivity contribution is 7.80. The third kappa shape index (κ3) is 3.83. The second-order valence-electron chi connectivity index (χ2n) is 4.27. The van der Waals surface area contributed by atoms with E-state index in [1.54, 1.807) is 0 Å². The zero-order valence-corrected chi connectivity index (χ0v) is 11.3. The lowest BCUT2D eigenvalue weighted by molar-refractivity contribution is 0.348. The van der Waals surface area contributed by atoms with E-state index in [2.05, 4.69) is 4.90 Å². The summed E-state index contributed by atoms with van der Waals surface area (Å²) in [5.41, 5.74) is 1.13. The van der Waals surface area contributed by atoms with E-state index in [4.69, 9.17) is 23.8 Å². The molecule has 1 aromatic carbocycles. The Bertz CT molecular complexity index is 405. The maximum atomic E-state index is 5.84. The molecule has 1 fully saturated rings. The molecule has 1 heterocycles. The summed E-state index contributed by atoms with van der Waals surface area (Å²) in [7, 11) is 0. The Hall–Kier alpha value is -0.860. The largest absolute Gasteiger partial charge is 0.363 e. The van der Waals surface area contributed by atoms with Gasteiger partial charge in [-0.3, -0.25) is 0 Å². The van der Waals surface area contributed by atoms with Gasteiger partial charge in [0.15, 0.2) is 0 Å². The van der Waals surface area contributed by atoms with Gasteiger partial charge in [0.1, 0.15) is 4.99 Å². The van der Waals surface area contributed by atoms with Gasteiger partial charge in [0.05, 0.1) is 0 Å². The maximum Gasteiger partial charge on any atom is 0.101 e. The van der Waals surface area contributed by atoms with E-state index in [0.717, 1.165) is 28.7 Å². The van der Waals surface area contributed by atoms with Crippen molar-refractivity contribution in [3.8, 4) is 0 Å². The molecule has 0 aromatic heterocycles. The third-order valence-electron chi connectivity index (χ3n) is 2.96. The van der Waals surface area contributed by atoms with Crippen LogP contribution in [0.15, 0.2) is 30.3 Å². The number of piperidine rings is 1. The highest BCUT2D eigenvalue weighted by Crippen LogP contribution is 2.13. The molecule has 1 aliphatic heterocycles. The van der Waals surface area contributed by atoms with Crippen LogP contribution in [-0.2, 0) is 0 Å². The molecule has 2 rings (SSSR count). The van der Waals surface area contributed by atoms with Crippen molar-refractivity contribution < 1.29 is 0 Å². The molecular formula is C14H16ClNS. The summed E-state index contributed by atoms with van der Waals surface area (Å²) in [6.07, 6.45) is 7.92. The number of hydrogen-bond acceptors (Lipinski definition) is 1. The van der Waals surface area contributed by atoms with E-state index < -0.39 is 0 Å². The maximum absolute atomic E-state index is 5.84. The van der Waals surface area contributed by atoms with Gasteiger partial charge in [-0.25, -0.2) is 0 Å². The van der Waals surface area contributed by atoms with Crippen molar-refractivity contribution in [3.63, 3.8) is 0 Å². The van der Waals surface area contributed by atoms with Gasteiger partial charge in [-0.1, -0.05) is 42.0 Å². The van der Waals surface area contributed by atoms with Crippen molar-refractivity contribution in [1.29, 1.82) is 0 Å². The second-order valence-corrected chi connectivity index (χ2v) is 5.13. The summed E-state index contributed by atoms with van der Waals surface area (Å²) in [5.74, 6) is 0. The summed E-state index contributed by atoms with van der Waals surface area (Å²) in [6, 6.07) is 7.78. The van der Waals surface area contributed by atoms with Crippen molar-refractivity contribution in [2.45, 2.75) is 19.3 Å². The van der Waals surface area contributed by atoms with Crippen molar-refractivity contribution in [3.05, 3.63) is 40.9 Å². The smallest absolute Gasteiger partial charge is 0.101 e. The van der Waals surface area contributed by atoms with Crippen LogP contribution in [0.4, 0.5) is 0 Å². The second kappa shape index (κ2) is 6.18. The average Bonchev–Trinajstić information content (AvgIpc) is 2.39. The van der Waals surface area contributed by atoms with E-state index in [1.165, 1.54) is 19.3 Å². The van der Waals surface area contributed by atoms with Gasteiger partial charge in [-0.2, -0.15) is 0 Å². The molecule has 0 N–H and O–H groups in total. The highest BCUT2D eigenvalue weighted by atomic mass is 35.5. The molecule has 3 heteroatoms. The average molecular weight is 266 g/mol. The summed E-state index contributed by atoms with van der Waals surface area (Å²) in [5, 5.41) is 0.765. The van der Waals surface area contributed by atoms with Crippen LogP contribution < -0.4 is 0 Å². The zero-order chi connectivity index (χ0) is 12.1. The van der Waals surface area contributed by atoms with Crippen LogP contribution in [0.5, 0.6) is 0 Å². The molecule has 0 bridgehead atoms. The van der Waals surface area contributed by atoms with Gasteiger partial charge in [0, 0.05) is 18.1 Å². The molecule has 1 nitrogen and oxygen atoms in total. The van der Waals surface area contributed by atoms with Crippen LogP contribution in [0.25, 0.3) is 6.08 Å². The minimum atomic E-state index is 0.765. The summed E-state index contributed by atoms with van der Waals surface area (Å²) < 4.78 is 0. The standard InChI is InChI=1S/C14H16ClNS/c15-13-7-4-12(5-8-13)6-9-14(17)16-10-2-1-3-11-16/h4-9H,1-3,10-11H2. The molecule has 90 valence electrons. The fraction of sp³-hybridized carbons (Fsp3) is 0.357. The highest BCUT2D eigenvalue weighted by Gasteiger charge is 2.10. The van der Waals surface area contributed by atoms with Crippen molar-refractivity contribution in [2.75, 3.05) is 13.1 Å². The van der Waals surface area contributed by atoms with Gasteiger partial charge >= 0.3 is 0 Å². The molecule has 0 amide bonds. The number of hydrogen-bond donors (Lipinski definition) is 0. The van der Waals surface area contributed by atoms with Crippen molar-refractivity contribution >= 4 is 34.9 Å². The van der Waals surface area contributed by atoms with E-state index in [9.17, 15) is 0 Å². The van der Waals surface area contributed by atoms with E-state index >= 15 is 0 Å². The number of rotatable bonds is 2. The molecule has 0 spiro atoms. The first kappa shape index (κ1) is 12.6. The monoisotopic (exact) mass is 265 g/mol. The van der Waals surface area contributed by atoms with Gasteiger partial charge in [-0.05, 0) is 43.0 Å². The summed E-state index contributed by atoms with van der Waals surface area (Å²) >= 11 is 11.2. The van der Waals surface area contributed by atoms with E-state index in [-0.39, 0.29) is 0 Å². The molecule has 1 aromatic rings. The Balaban J connectivity index is 1.95. The summed E-state index contributed by atoms with van der Waals surface area (Å²) in [6.45, 7) is 2.20. The number of benzene rings is 1. The Morgan fingerprint density at radius 2 is 1.76 bits per heavy atom. The molecule has 0 atom stereocenters. The van der Waals surface area contributed by atoms with Gasteiger partial charge in [0.25, 0.3) is 0 Å². The van der Waals surface area contributed by atoms with Crippen molar-refractivity contribution in [2.24, 2.45) is 0 Å². The molecular weight excluding hydrogens is 250 g/mol. The first-order chi connectivity index (χ1) is 8.25. The lowest BCUT2D eigenvalue weighted by atomic mass is 10.1. The topological polar surface area (TPSA) is 3.24 Å². The van der Waals surface area contributed by atoms with E-state index in [1.807, 2.05) is 36.4 Å². The van der Waals surface area contributed by atoms with Gasteiger partial charge in [0.2, 0.25) is 0 Å². The molecule has 0 saturated carbocycles. The lowest BCUT2D eigenvalue weighted by Crippen LogP contribution is -2.33. The number of halogens is 1. The van der Waals surface area contributed by atoms with Crippen LogP contribution in [0, 0.1) is 0 Å². The minimum Gasteiger partial charge on any atom is -0.363 e. The Kier molecular flexibility index (Phi) is 4.57. The first-order valence-electron chi connectivity index (χ1n) is 5.98. The molecule has 17 heavy (non-hydrogen) atoms. The third-order valence-corrected chi connectivity index (χ3v) is 3.60.